The zero-order chi connectivity index (χ0) is 18.9. The number of rotatable bonds is 8. The van der Waals surface area contributed by atoms with Crippen LogP contribution in [0.15, 0.2) is 42.5 Å². The van der Waals surface area contributed by atoms with Gasteiger partial charge in [0, 0.05) is 12.6 Å². The second-order valence-electron chi connectivity index (χ2n) is 5.63. The molecule has 26 heavy (non-hydrogen) atoms. The highest BCUT2D eigenvalue weighted by Crippen LogP contribution is 2.30. The maximum Gasteiger partial charge on any atom is 0.243 e. The topological polar surface area (TPSA) is 88.0 Å². The van der Waals surface area contributed by atoms with Crippen LogP contribution in [0.25, 0.3) is 6.08 Å². The number of hydrogen-bond acceptors (Lipinski definition) is 5. The molecule has 2 aromatic carbocycles. The quantitative estimate of drug-likeness (QED) is 0.499. The van der Waals surface area contributed by atoms with Crippen LogP contribution in [0.1, 0.15) is 17.5 Å². The Kier molecular flexibility index (Phi) is 6.91. The summed E-state index contributed by atoms with van der Waals surface area (Å²) in [5, 5.41) is 22.1. The number of benzene rings is 2. The number of aromatic hydroxyl groups is 2. The van der Waals surface area contributed by atoms with Gasteiger partial charge in [0.1, 0.15) is 0 Å². The Morgan fingerprint density at radius 1 is 1.12 bits per heavy atom. The molecule has 0 saturated heterocycles. The summed E-state index contributed by atoms with van der Waals surface area (Å²) in [6.45, 7) is 0.501. The lowest BCUT2D eigenvalue weighted by atomic mass is 10.1. The van der Waals surface area contributed by atoms with E-state index in [2.05, 4.69) is 5.32 Å². The second-order valence-corrected chi connectivity index (χ2v) is 5.63. The summed E-state index contributed by atoms with van der Waals surface area (Å²) in [7, 11) is 2.99. The van der Waals surface area contributed by atoms with Crippen molar-refractivity contribution in [1.29, 1.82) is 0 Å². The third-order valence-electron chi connectivity index (χ3n) is 3.83. The van der Waals surface area contributed by atoms with Gasteiger partial charge in [-0.1, -0.05) is 18.2 Å². The molecular formula is C20H23NO5. The molecule has 0 fully saturated rings. The maximum absolute atomic E-state index is 11.9. The standard InChI is InChI=1S/C20H23NO5/c1-25-18-13-14(8-10-16(18)22)9-11-19(24)21-12-4-6-15-5-3-7-17(23)20(15)26-2/h3,5,7-11,13,22-23H,4,6,12H2,1-2H3,(H,21,24)/b11-9+. The maximum atomic E-state index is 11.9. The van der Waals surface area contributed by atoms with Gasteiger partial charge in [-0.05, 0) is 48.2 Å². The molecule has 0 radical (unpaired) electrons. The number of phenols is 2. The van der Waals surface area contributed by atoms with Crippen LogP contribution in [-0.2, 0) is 11.2 Å². The van der Waals surface area contributed by atoms with Crippen LogP contribution in [0.2, 0.25) is 0 Å². The average molecular weight is 357 g/mol. The van der Waals surface area contributed by atoms with E-state index in [1.165, 1.54) is 26.4 Å². The number of nitrogens with one attached hydrogen (secondary N) is 1. The SMILES string of the molecule is COc1cc(/C=C/C(=O)NCCCc2cccc(O)c2OC)ccc1O. The molecule has 3 N–H and O–H groups in total. The summed E-state index contributed by atoms with van der Waals surface area (Å²) in [6.07, 6.45) is 4.47. The van der Waals surface area contributed by atoms with Crippen LogP contribution in [0.5, 0.6) is 23.0 Å². The van der Waals surface area contributed by atoms with Gasteiger partial charge in [-0.2, -0.15) is 0 Å². The van der Waals surface area contributed by atoms with Gasteiger partial charge in [-0.3, -0.25) is 4.79 Å². The molecule has 6 heteroatoms. The van der Waals surface area contributed by atoms with Crippen LogP contribution in [-0.4, -0.2) is 36.9 Å². The van der Waals surface area contributed by atoms with E-state index >= 15 is 0 Å². The molecule has 0 aromatic heterocycles. The third kappa shape index (κ3) is 5.17. The highest BCUT2D eigenvalue weighted by molar-refractivity contribution is 5.91. The van der Waals surface area contributed by atoms with Crippen molar-refractivity contribution in [2.75, 3.05) is 20.8 Å². The van der Waals surface area contributed by atoms with E-state index in [9.17, 15) is 15.0 Å². The molecule has 0 atom stereocenters. The van der Waals surface area contributed by atoms with Crippen molar-refractivity contribution in [2.45, 2.75) is 12.8 Å². The summed E-state index contributed by atoms with van der Waals surface area (Å²) in [5.41, 5.74) is 1.65. The van der Waals surface area contributed by atoms with E-state index in [1.807, 2.05) is 6.07 Å². The molecule has 0 aliphatic heterocycles. The van der Waals surface area contributed by atoms with Crippen molar-refractivity contribution in [3.63, 3.8) is 0 Å². The van der Waals surface area contributed by atoms with Gasteiger partial charge < -0.3 is 25.0 Å². The number of phenolic OH excluding ortho intramolecular Hbond substituents is 2. The van der Waals surface area contributed by atoms with Crippen molar-refractivity contribution in [3.05, 3.63) is 53.6 Å². The average Bonchev–Trinajstić information content (AvgIpc) is 2.64. The van der Waals surface area contributed by atoms with E-state index < -0.39 is 0 Å². The number of carbonyl (C=O) groups is 1. The molecule has 138 valence electrons. The fraction of sp³-hybridized carbons (Fsp3) is 0.250. The third-order valence-corrected chi connectivity index (χ3v) is 3.83. The highest BCUT2D eigenvalue weighted by Gasteiger charge is 2.07. The fourth-order valence-electron chi connectivity index (χ4n) is 2.52. The molecule has 0 saturated carbocycles. The Morgan fingerprint density at radius 2 is 1.92 bits per heavy atom. The lowest BCUT2D eigenvalue weighted by Gasteiger charge is -2.10. The largest absolute Gasteiger partial charge is 0.504 e. The number of ether oxygens (including phenoxy) is 2. The van der Waals surface area contributed by atoms with Crippen molar-refractivity contribution in [3.8, 4) is 23.0 Å². The Bertz CT molecular complexity index is 786. The van der Waals surface area contributed by atoms with Crippen LogP contribution in [0.4, 0.5) is 0 Å². The Hall–Kier alpha value is -3.15. The molecule has 0 aliphatic carbocycles. The van der Waals surface area contributed by atoms with Crippen molar-refractivity contribution >= 4 is 12.0 Å². The normalized spacial score (nSPS) is 10.7. The van der Waals surface area contributed by atoms with Crippen molar-refractivity contribution in [2.24, 2.45) is 0 Å². The molecule has 2 rings (SSSR count). The monoisotopic (exact) mass is 357 g/mol. The molecule has 0 aliphatic rings. The number of hydrogen-bond donors (Lipinski definition) is 3. The number of carbonyl (C=O) groups excluding carboxylic acids is 1. The summed E-state index contributed by atoms with van der Waals surface area (Å²) in [6, 6.07) is 10.1. The first-order valence-electron chi connectivity index (χ1n) is 8.23. The Morgan fingerprint density at radius 3 is 2.65 bits per heavy atom. The van der Waals surface area contributed by atoms with Gasteiger partial charge >= 0.3 is 0 Å². The van der Waals surface area contributed by atoms with Gasteiger partial charge in [0.15, 0.2) is 23.0 Å². The molecule has 1 amide bonds. The summed E-state index contributed by atoms with van der Waals surface area (Å²) in [5.74, 6) is 0.783. The predicted octanol–water partition coefficient (Wildman–Crippen LogP) is 2.88. The molecule has 2 aromatic rings. The Balaban J connectivity index is 1.81. The number of methoxy groups -OCH3 is 2. The summed E-state index contributed by atoms with van der Waals surface area (Å²) >= 11 is 0. The minimum Gasteiger partial charge on any atom is -0.504 e. The predicted molar refractivity (Wildman–Crippen MR) is 99.7 cm³/mol. The van der Waals surface area contributed by atoms with Crippen molar-refractivity contribution < 1.29 is 24.5 Å². The zero-order valence-corrected chi connectivity index (χ0v) is 14.9. The van der Waals surface area contributed by atoms with E-state index in [4.69, 9.17) is 9.47 Å². The molecule has 0 bridgehead atoms. The van der Waals surface area contributed by atoms with E-state index in [0.29, 0.717) is 30.9 Å². The molecule has 0 spiro atoms. The van der Waals surface area contributed by atoms with Gasteiger partial charge in [0.25, 0.3) is 0 Å². The van der Waals surface area contributed by atoms with Gasteiger partial charge in [-0.15, -0.1) is 0 Å². The summed E-state index contributed by atoms with van der Waals surface area (Å²) < 4.78 is 10.2. The second kappa shape index (κ2) is 9.36. The van der Waals surface area contributed by atoms with E-state index in [-0.39, 0.29) is 17.4 Å². The van der Waals surface area contributed by atoms with Gasteiger partial charge in [0.05, 0.1) is 14.2 Å². The highest BCUT2D eigenvalue weighted by atomic mass is 16.5. The number of aryl methyl sites for hydroxylation is 1. The van der Waals surface area contributed by atoms with Gasteiger partial charge in [-0.25, -0.2) is 0 Å². The van der Waals surface area contributed by atoms with Gasteiger partial charge in [0.2, 0.25) is 5.91 Å². The van der Waals surface area contributed by atoms with Crippen molar-refractivity contribution in [1.82, 2.24) is 5.32 Å². The molecule has 6 nitrogen and oxygen atoms in total. The smallest absolute Gasteiger partial charge is 0.243 e. The van der Waals surface area contributed by atoms with E-state index in [1.54, 1.807) is 30.3 Å². The summed E-state index contributed by atoms with van der Waals surface area (Å²) in [4.78, 5) is 11.9. The molecule has 0 heterocycles. The Labute approximate surface area is 152 Å². The first-order chi connectivity index (χ1) is 12.5. The first kappa shape index (κ1) is 19.2. The minimum atomic E-state index is -0.208. The molecule has 0 unspecified atom stereocenters. The number of amides is 1. The first-order valence-corrected chi connectivity index (χ1v) is 8.23. The lowest BCUT2D eigenvalue weighted by molar-refractivity contribution is -0.116. The van der Waals surface area contributed by atoms with Crippen LogP contribution in [0.3, 0.4) is 0 Å². The fourth-order valence-corrected chi connectivity index (χ4v) is 2.52. The lowest BCUT2D eigenvalue weighted by Crippen LogP contribution is -2.22. The van der Waals surface area contributed by atoms with Crippen LogP contribution in [0, 0.1) is 0 Å². The minimum absolute atomic E-state index is 0.0523. The van der Waals surface area contributed by atoms with Crippen LogP contribution < -0.4 is 14.8 Å². The van der Waals surface area contributed by atoms with E-state index in [0.717, 1.165) is 11.1 Å². The molecular weight excluding hydrogens is 334 g/mol. The van der Waals surface area contributed by atoms with Crippen LogP contribution >= 0.6 is 0 Å². The number of para-hydroxylation sites is 1. The zero-order valence-electron chi connectivity index (χ0n) is 14.9.